The molecule has 1 heterocycles. The van der Waals surface area contributed by atoms with Crippen molar-refractivity contribution in [3.05, 3.63) is 76.0 Å². The number of aromatic nitrogens is 2. The Bertz CT molecular complexity index is 1040. The molecule has 0 atom stereocenters. The number of nitrogens with zero attached hydrogens (tertiary/aromatic N) is 2. The van der Waals surface area contributed by atoms with Crippen LogP contribution in [0.4, 0.5) is 0 Å². The highest BCUT2D eigenvalue weighted by Gasteiger charge is 2.21. The number of nitrogens with one attached hydrogen (secondary N) is 1. The molecular weight excluding hydrogens is 430 g/mol. The summed E-state index contributed by atoms with van der Waals surface area (Å²) in [6.45, 7) is 0. The number of sulfonamides is 1. The van der Waals surface area contributed by atoms with Crippen LogP contribution in [0.1, 0.15) is 10.4 Å². The standard InChI is InChI=1S/C16H11BrClN3O3S/c17-11-3-1-4-13(9-11)25(23,24)20-16(22)14-10-12(5-6-15(14)18)21-8-2-7-19-21/h1-10H,(H,20,22). The van der Waals surface area contributed by atoms with Gasteiger partial charge in [-0.1, -0.05) is 33.6 Å². The largest absolute Gasteiger partial charge is 0.268 e. The van der Waals surface area contributed by atoms with Crippen LogP contribution in [0.3, 0.4) is 0 Å². The lowest BCUT2D eigenvalue weighted by Gasteiger charge is -2.10. The zero-order chi connectivity index (χ0) is 18.0. The van der Waals surface area contributed by atoms with Gasteiger partial charge in [0, 0.05) is 16.9 Å². The molecule has 6 nitrogen and oxygen atoms in total. The van der Waals surface area contributed by atoms with Crippen LogP contribution in [0.2, 0.25) is 5.02 Å². The van der Waals surface area contributed by atoms with Crippen LogP contribution in [-0.4, -0.2) is 24.1 Å². The quantitative estimate of drug-likeness (QED) is 0.674. The monoisotopic (exact) mass is 439 g/mol. The summed E-state index contributed by atoms with van der Waals surface area (Å²) in [5.74, 6) is -0.820. The van der Waals surface area contributed by atoms with Crippen molar-refractivity contribution in [3.8, 4) is 5.69 Å². The lowest BCUT2D eigenvalue weighted by atomic mass is 10.2. The van der Waals surface area contributed by atoms with Crippen molar-refractivity contribution in [3.63, 3.8) is 0 Å². The van der Waals surface area contributed by atoms with E-state index in [2.05, 4.69) is 21.0 Å². The van der Waals surface area contributed by atoms with E-state index in [0.717, 1.165) is 0 Å². The van der Waals surface area contributed by atoms with E-state index in [9.17, 15) is 13.2 Å². The second-order valence-corrected chi connectivity index (χ2v) is 8.01. The molecule has 128 valence electrons. The number of benzene rings is 2. The fourth-order valence-electron chi connectivity index (χ4n) is 2.12. The van der Waals surface area contributed by atoms with Crippen molar-refractivity contribution in [2.24, 2.45) is 0 Å². The van der Waals surface area contributed by atoms with Crippen LogP contribution in [0.5, 0.6) is 0 Å². The molecule has 0 bridgehead atoms. The van der Waals surface area contributed by atoms with Gasteiger partial charge in [0.1, 0.15) is 0 Å². The molecule has 0 unspecified atom stereocenters. The third-order valence-electron chi connectivity index (χ3n) is 3.30. The summed E-state index contributed by atoms with van der Waals surface area (Å²) in [5.41, 5.74) is 0.618. The van der Waals surface area contributed by atoms with E-state index in [1.54, 1.807) is 36.7 Å². The van der Waals surface area contributed by atoms with Gasteiger partial charge in [-0.2, -0.15) is 5.10 Å². The van der Waals surface area contributed by atoms with Crippen molar-refractivity contribution in [1.29, 1.82) is 0 Å². The molecule has 1 N–H and O–H groups in total. The Morgan fingerprint density at radius 1 is 1.16 bits per heavy atom. The van der Waals surface area contributed by atoms with Gasteiger partial charge in [0.25, 0.3) is 15.9 Å². The Morgan fingerprint density at radius 2 is 1.96 bits per heavy atom. The lowest BCUT2D eigenvalue weighted by molar-refractivity contribution is 0.0981. The predicted molar refractivity (Wildman–Crippen MR) is 97.4 cm³/mol. The summed E-state index contributed by atoms with van der Waals surface area (Å²) in [4.78, 5) is 12.4. The van der Waals surface area contributed by atoms with Crippen LogP contribution >= 0.6 is 27.5 Å². The van der Waals surface area contributed by atoms with Crippen LogP contribution < -0.4 is 4.72 Å². The summed E-state index contributed by atoms with van der Waals surface area (Å²) >= 11 is 9.26. The molecule has 0 aliphatic heterocycles. The van der Waals surface area contributed by atoms with Gasteiger partial charge in [-0.3, -0.25) is 4.79 Å². The molecule has 0 saturated heterocycles. The molecular formula is C16H11BrClN3O3S. The molecule has 0 fully saturated rings. The second-order valence-electron chi connectivity index (χ2n) is 5.01. The molecule has 0 saturated carbocycles. The van der Waals surface area contributed by atoms with Crippen molar-refractivity contribution in [2.45, 2.75) is 4.90 Å². The Morgan fingerprint density at radius 3 is 2.64 bits per heavy atom. The van der Waals surface area contributed by atoms with Gasteiger partial charge in [0.05, 0.1) is 21.2 Å². The summed E-state index contributed by atoms with van der Waals surface area (Å²) in [7, 11) is -4.02. The zero-order valence-electron chi connectivity index (χ0n) is 12.6. The maximum absolute atomic E-state index is 12.4. The van der Waals surface area contributed by atoms with Gasteiger partial charge in [-0.15, -0.1) is 0 Å². The fourth-order valence-corrected chi connectivity index (χ4v) is 3.89. The van der Waals surface area contributed by atoms with Crippen molar-refractivity contribution in [2.75, 3.05) is 0 Å². The fraction of sp³-hybridized carbons (Fsp3) is 0. The van der Waals surface area contributed by atoms with Gasteiger partial charge >= 0.3 is 0 Å². The van der Waals surface area contributed by atoms with Gasteiger partial charge in [0.15, 0.2) is 0 Å². The smallest absolute Gasteiger partial charge is 0.266 e. The number of hydrogen-bond acceptors (Lipinski definition) is 4. The molecule has 25 heavy (non-hydrogen) atoms. The minimum Gasteiger partial charge on any atom is -0.268 e. The highest BCUT2D eigenvalue weighted by atomic mass is 79.9. The highest BCUT2D eigenvalue weighted by molar-refractivity contribution is 9.10. The number of carbonyl (C=O) groups is 1. The van der Waals surface area contributed by atoms with Gasteiger partial charge in [-0.25, -0.2) is 17.8 Å². The van der Waals surface area contributed by atoms with Gasteiger partial charge < -0.3 is 0 Å². The molecule has 3 aromatic rings. The first-order valence-electron chi connectivity index (χ1n) is 6.99. The molecule has 9 heteroatoms. The van der Waals surface area contributed by atoms with Crippen LogP contribution in [-0.2, 0) is 10.0 Å². The van der Waals surface area contributed by atoms with E-state index in [0.29, 0.717) is 10.2 Å². The van der Waals surface area contributed by atoms with Crippen molar-refractivity contribution >= 4 is 43.5 Å². The molecule has 0 aliphatic rings. The summed E-state index contributed by atoms with van der Waals surface area (Å²) in [5, 5.41) is 4.20. The van der Waals surface area contributed by atoms with Crippen molar-refractivity contribution < 1.29 is 13.2 Å². The molecule has 3 rings (SSSR count). The van der Waals surface area contributed by atoms with E-state index >= 15 is 0 Å². The average molecular weight is 441 g/mol. The first kappa shape index (κ1) is 17.7. The zero-order valence-corrected chi connectivity index (χ0v) is 15.7. The Labute approximate surface area is 157 Å². The molecule has 0 aliphatic carbocycles. The average Bonchev–Trinajstić information content (AvgIpc) is 3.09. The number of rotatable bonds is 4. The van der Waals surface area contributed by atoms with E-state index in [1.165, 1.54) is 28.9 Å². The van der Waals surface area contributed by atoms with Crippen LogP contribution in [0, 0.1) is 0 Å². The maximum Gasteiger partial charge on any atom is 0.266 e. The van der Waals surface area contributed by atoms with Gasteiger partial charge in [0.2, 0.25) is 0 Å². The Balaban J connectivity index is 1.92. The van der Waals surface area contributed by atoms with E-state index in [1.807, 2.05) is 4.72 Å². The molecule has 1 amide bonds. The molecule has 2 aromatic carbocycles. The Kier molecular flexibility index (Phi) is 4.94. The summed E-state index contributed by atoms with van der Waals surface area (Å²) in [6.07, 6.45) is 3.29. The summed E-state index contributed by atoms with van der Waals surface area (Å²) < 4.78 is 28.9. The number of carbonyl (C=O) groups excluding carboxylic acids is 1. The first-order chi connectivity index (χ1) is 11.9. The van der Waals surface area contributed by atoms with Crippen LogP contribution in [0.15, 0.2) is 70.3 Å². The second kappa shape index (κ2) is 6.99. The normalized spacial score (nSPS) is 11.3. The van der Waals surface area contributed by atoms with E-state index in [-0.39, 0.29) is 15.5 Å². The number of amides is 1. The molecule has 0 radical (unpaired) electrons. The van der Waals surface area contributed by atoms with E-state index < -0.39 is 15.9 Å². The highest BCUT2D eigenvalue weighted by Crippen LogP contribution is 2.21. The minimum absolute atomic E-state index is 0.0328. The predicted octanol–water partition coefficient (Wildman–Crippen LogP) is 3.41. The number of hydrogen-bond donors (Lipinski definition) is 1. The SMILES string of the molecule is O=C(NS(=O)(=O)c1cccc(Br)c1)c1cc(-n2cccn2)ccc1Cl. The minimum atomic E-state index is -4.02. The van der Waals surface area contributed by atoms with E-state index in [4.69, 9.17) is 11.6 Å². The van der Waals surface area contributed by atoms with Crippen LogP contribution in [0.25, 0.3) is 5.69 Å². The number of halogens is 2. The van der Waals surface area contributed by atoms with Crippen molar-refractivity contribution in [1.82, 2.24) is 14.5 Å². The topological polar surface area (TPSA) is 81.1 Å². The third-order valence-corrected chi connectivity index (χ3v) is 5.45. The Hall–Kier alpha value is -2.16. The maximum atomic E-state index is 12.4. The third kappa shape index (κ3) is 3.92. The van der Waals surface area contributed by atoms with Gasteiger partial charge in [-0.05, 0) is 42.5 Å². The molecule has 0 spiro atoms. The summed E-state index contributed by atoms with van der Waals surface area (Å²) in [6, 6.07) is 12.4. The molecule has 1 aromatic heterocycles. The first-order valence-corrected chi connectivity index (χ1v) is 9.64. The lowest BCUT2D eigenvalue weighted by Crippen LogP contribution is -2.30.